The first kappa shape index (κ1) is 10.5. The maximum absolute atomic E-state index is 12.3. The van der Waals surface area contributed by atoms with Crippen molar-refractivity contribution in [3.63, 3.8) is 0 Å². The monoisotopic (exact) mass is 245 g/mol. The molecule has 2 aromatic rings. The Hall–Kier alpha value is -1.63. The molecule has 2 aromatic heterocycles. The fourth-order valence-electron chi connectivity index (χ4n) is 1.49. The zero-order valence-corrected chi connectivity index (χ0v) is 8.99. The molecule has 0 bridgehead atoms. The van der Waals surface area contributed by atoms with Crippen LogP contribution in [0.4, 0.5) is 13.2 Å². The molecule has 0 spiro atoms. The minimum absolute atomic E-state index is 0.264. The van der Waals surface area contributed by atoms with E-state index in [1.807, 2.05) is 0 Å². The number of hydrogen-bond acceptors (Lipinski definition) is 3. The van der Waals surface area contributed by atoms with E-state index in [1.54, 1.807) is 0 Å². The molecule has 0 fully saturated rings. The minimum atomic E-state index is -4.34. The van der Waals surface area contributed by atoms with E-state index in [-0.39, 0.29) is 11.2 Å². The van der Waals surface area contributed by atoms with Crippen molar-refractivity contribution in [2.24, 2.45) is 5.73 Å². The molecule has 92 valence electrons. The van der Waals surface area contributed by atoms with Crippen LogP contribution in [0.2, 0.25) is 0 Å². The molecular weight excluding hydrogens is 233 g/mol. The largest absolute Gasteiger partial charge is 0.408 e. The molecule has 2 heterocycles. The lowest BCUT2D eigenvalue weighted by Gasteiger charge is -2.08. The SMILES string of the molecule is [2H][C@](C)(N)c1cc2cnn(CC(F)(F)F)c2cn1. The molecule has 0 saturated heterocycles. The van der Waals surface area contributed by atoms with Crippen LogP contribution in [0.15, 0.2) is 18.5 Å². The third-order valence-electron chi connectivity index (χ3n) is 2.26. The fourth-order valence-corrected chi connectivity index (χ4v) is 1.49. The summed E-state index contributed by atoms with van der Waals surface area (Å²) in [5.74, 6) is 0. The maximum Gasteiger partial charge on any atom is 0.408 e. The van der Waals surface area contributed by atoms with Gasteiger partial charge in [-0.25, -0.2) is 0 Å². The van der Waals surface area contributed by atoms with Crippen LogP contribution >= 0.6 is 0 Å². The third-order valence-corrected chi connectivity index (χ3v) is 2.26. The van der Waals surface area contributed by atoms with E-state index in [9.17, 15) is 13.2 Å². The van der Waals surface area contributed by atoms with Gasteiger partial charge < -0.3 is 5.73 Å². The number of halogens is 3. The summed E-state index contributed by atoms with van der Waals surface area (Å²) in [5, 5.41) is 4.14. The molecule has 2 N–H and O–H groups in total. The topological polar surface area (TPSA) is 56.7 Å². The van der Waals surface area contributed by atoms with Crippen LogP contribution in [0.5, 0.6) is 0 Å². The Labute approximate surface area is 96.6 Å². The highest BCUT2D eigenvalue weighted by atomic mass is 19.4. The van der Waals surface area contributed by atoms with Gasteiger partial charge in [0.2, 0.25) is 0 Å². The van der Waals surface area contributed by atoms with Crippen molar-refractivity contribution in [1.29, 1.82) is 0 Å². The van der Waals surface area contributed by atoms with Crippen molar-refractivity contribution in [3.05, 3.63) is 24.2 Å². The van der Waals surface area contributed by atoms with Crippen LogP contribution in [0, 0.1) is 0 Å². The molecule has 7 heteroatoms. The van der Waals surface area contributed by atoms with E-state index in [1.165, 1.54) is 25.4 Å². The predicted molar refractivity (Wildman–Crippen MR) is 56.2 cm³/mol. The molecule has 0 aromatic carbocycles. The quantitative estimate of drug-likeness (QED) is 0.880. The van der Waals surface area contributed by atoms with Gasteiger partial charge in [0.1, 0.15) is 6.54 Å². The molecule has 0 radical (unpaired) electrons. The Balaban J connectivity index is 2.44. The van der Waals surface area contributed by atoms with Gasteiger partial charge in [-0.2, -0.15) is 18.3 Å². The Bertz CT molecular complexity index is 570. The van der Waals surface area contributed by atoms with Gasteiger partial charge in [-0.05, 0) is 13.0 Å². The molecule has 0 aliphatic carbocycles. The lowest BCUT2D eigenvalue weighted by Crippen LogP contribution is -2.18. The van der Waals surface area contributed by atoms with Crippen molar-refractivity contribution < 1.29 is 14.5 Å². The summed E-state index contributed by atoms with van der Waals surface area (Å²) in [4.78, 5) is 3.90. The molecule has 0 unspecified atom stereocenters. The zero-order valence-electron chi connectivity index (χ0n) is 9.99. The lowest BCUT2D eigenvalue weighted by atomic mass is 10.2. The van der Waals surface area contributed by atoms with Crippen molar-refractivity contribution in [2.75, 3.05) is 0 Å². The second kappa shape index (κ2) is 3.99. The van der Waals surface area contributed by atoms with E-state index < -0.39 is 18.7 Å². The smallest absolute Gasteiger partial charge is 0.323 e. The average molecular weight is 245 g/mol. The van der Waals surface area contributed by atoms with Crippen molar-refractivity contribution in [1.82, 2.24) is 14.8 Å². The standard InChI is InChI=1S/C10H11F3N4/c1-6(14)8-2-7-3-16-17(5-10(11,12)13)9(7)4-15-8/h2-4,6H,5,14H2,1H3/t6-/m1/s1/i6D. The normalized spacial score (nSPS) is 16.9. The first-order valence-electron chi connectivity index (χ1n) is 5.34. The van der Waals surface area contributed by atoms with Gasteiger partial charge in [-0.15, -0.1) is 0 Å². The fraction of sp³-hybridized carbons (Fsp3) is 0.400. The van der Waals surface area contributed by atoms with Crippen LogP contribution in [0.1, 0.15) is 20.0 Å². The highest BCUT2D eigenvalue weighted by Crippen LogP contribution is 2.22. The van der Waals surface area contributed by atoms with E-state index >= 15 is 0 Å². The van der Waals surface area contributed by atoms with Crippen molar-refractivity contribution in [3.8, 4) is 0 Å². The number of rotatable bonds is 2. The third kappa shape index (κ3) is 2.55. The Morgan fingerprint density at radius 2 is 2.24 bits per heavy atom. The van der Waals surface area contributed by atoms with E-state index in [0.717, 1.165) is 4.68 Å². The summed E-state index contributed by atoms with van der Waals surface area (Å²) in [5.41, 5.74) is 6.10. The van der Waals surface area contributed by atoms with Gasteiger partial charge in [0.05, 0.1) is 25.0 Å². The number of aromatic nitrogens is 3. The van der Waals surface area contributed by atoms with Gasteiger partial charge in [-0.1, -0.05) is 0 Å². The summed E-state index contributed by atoms with van der Waals surface area (Å²) in [7, 11) is 0. The number of fused-ring (bicyclic) bond motifs is 1. The van der Waals surface area contributed by atoms with Crippen molar-refractivity contribution >= 4 is 10.9 Å². The molecular formula is C10H11F3N4. The first-order valence-corrected chi connectivity index (χ1v) is 4.84. The highest BCUT2D eigenvalue weighted by molar-refractivity contribution is 5.78. The second-order valence-corrected chi connectivity index (χ2v) is 3.73. The van der Waals surface area contributed by atoms with Gasteiger partial charge in [0.25, 0.3) is 0 Å². The number of alkyl halides is 3. The molecule has 4 nitrogen and oxygen atoms in total. The summed E-state index contributed by atoms with van der Waals surface area (Å²) in [6.45, 7) is 0.277. The Kier molecular flexibility index (Phi) is 2.47. The Morgan fingerprint density at radius 1 is 1.53 bits per heavy atom. The van der Waals surface area contributed by atoms with E-state index in [0.29, 0.717) is 5.39 Å². The van der Waals surface area contributed by atoms with Gasteiger partial charge in [0.15, 0.2) is 0 Å². The van der Waals surface area contributed by atoms with Crippen LogP contribution in [-0.2, 0) is 6.54 Å². The molecule has 1 atom stereocenters. The molecule has 0 saturated carbocycles. The zero-order chi connectivity index (χ0) is 13.6. The predicted octanol–water partition coefficient (Wildman–Crippen LogP) is 2.01. The van der Waals surface area contributed by atoms with Gasteiger partial charge in [-0.3, -0.25) is 9.67 Å². The van der Waals surface area contributed by atoms with Crippen LogP contribution in [0.3, 0.4) is 0 Å². The maximum atomic E-state index is 12.3. The number of hydrogen-bond donors (Lipinski definition) is 1. The van der Waals surface area contributed by atoms with E-state index in [2.05, 4.69) is 10.1 Å². The molecule has 2 rings (SSSR count). The summed E-state index contributed by atoms with van der Waals surface area (Å²) >= 11 is 0. The summed E-state index contributed by atoms with van der Waals surface area (Å²) in [6.07, 6.45) is -1.78. The second-order valence-electron chi connectivity index (χ2n) is 3.73. The highest BCUT2D eigenvalue weighted by Gasteiger charge is 2.29. The number of nitrogens with two attached hydrogens (primary N) is 1. The summed E-state index contributed by atoms with van der Waals surface area (Å²) < 4.78 is 45.3. The lowest BCUT2D eigenvalue weighted by molar-refractivity contribution is -0.141. The van der Waals surface area contributed by atoms with Crippen LogP contribution in [-0.4, -0.2) is 20.9 Å². The molecule has 17 heavy (non-hydrogen) atoms. The first-order chi connectivity index (χ1) is 8.17. The van der Waals surface area contributed by atoms with Crippen LogP contribution in [0.25, 0.3) is 10.9 Å². The van der Waals surface area contributed by atoms with Crippen LogP contribution < -0.4 is 5.73 Å². The molecule has 0 aliphatic rings. The number of pyridine rings is 1. The van der Waals surface area contributed by atoms with Gasteiger partial charge in [0, 0.05) is 11.4 Å². The number of nitrogens with zero attached hydrogens (tertiary/aromatic N) is 3. The van der Waals surface area contributed by atoms with Crippen molar-refractivity contribution in [2.45, 2.75) is 25.7 Å². The molecule has 0 aliphatic heterocycles. The van der Waals surface area contributed by atoms with E-state index in [4.69, 9.17) is 7.10 Å². The summed E-state index contributed by atoms with van der Waals surface area (Å²) in [6, 6.07) is 0.0858. The Morgan fingerprint density at radius 3 is 2.82 bits per heavy atom. The minimum Gasteiger partial charge on any atom is -0.323 e. The van der Waals surface area contributed by atoms with Gasteiger partial charge >= 0.3 is 6.18 Å². The average Bonchev–Trinajstić information content (AvgIpc) is 2.57. The molecule has 0 amide bonds.